The van der Waals surface area contributed by atoms with Gasteiger partial charge in [0.15, 0.2) is 0 Å². The van der Waals surface area contributed by atoms with E-state index < -0.39 is 0 Å². The Morgan fingerprint density at radius 1 is 1.24 bits per heavy atom. The van der Waals surface area contributed by atoms with Gasteiger partial charge in [0.2, 0.25) is 6.33 Å². The minimum absolute atomic E-state index is 0. The lowest BCUT2D eigenvalue weighted by Gasteiger charge is -2.00. The van der Waals surface area contributed by atoms with E-state index in [1.807, 2.05) is 0 Å². The maximum atomic E-state index is 11.3. The maximum absolute atomic E-state index is 11.3. The highest BCUT2D eigenvalue weighted by atomic mass is 79.9. The molecule has 0 aliphatic carbocycles. The van der Waals surface area contributed by atoms with Gasteiger partial charge in [-0.1, -0.05) is 26.7 Å². The molecule has 21 heavy (non-hydrogen) atoms. The maximum Gasteiger partial charge on any atom is 0.305 e. The molecule has 1 rings (SSSR count). The van der Waals surface area contributed by atoms with Crippen LogP contribution in [0, 0.1) is 0 Å². The third-order valence-corrected chi connectivity index (χ3v) is 3.56. The molecule has 0 radical (unpaired) electrons. The van der Waals surface area contributed by atoms with E-state index in [0.29, 0.717) is 6.42 Å². The third kappa shape index (κ3) is 7.65. The molecule has 1 aromatic heterocycles. The lowest BCUT2D eigenvalue weighted by Crippen LogP contribution is -3.00. The molecule has 4 nitrogen and oxygen atoms in total. The summed E-state index contributed by atoms with van der Waals surface area (Å²) < 4.78 is 9.28. The van der Waals surface area contributed by atoms with Crippen molar-refractivity contribution in [2.45, 2.75) is 71.9 Å². The van der Waals surface area contributed by atoms with E-state index in [0.717, 1.165) is 19.5 Å². The first-order valence-electron chi connectivity index (χ1n) is 7.86. The molecule has 1 aromatic rings. The van der Waals surface area contributed by atoms with Crippen LogP contribution in [0.4, 0.5) is 0 Å². The van der Waals surface area contributed by atoms with Gasteiger partial charge in [-0.2, -0.15) is 0 Å². The molecule has 1 heterocycles. The standard InChI is InChI=1S/C16H29N2O2.BrH/c1-4-6-8-11-17-13-15(9-10-16(19)20-3)18(14-17)12-7-5-2;/h13-14H,4-12H2,1-3H3;1H/q+1;/p-1. The molecule has 0 saturated heterocycles. The zero-order valence-corrected chi connectivity index (χ0v) is 15.2. The van der Waals surface area contributed by atoms with Crippen LogP contribution in [0.25, 0.3) is 0 Å². The van der Waals surface area contributed by atoms with Gasteiger partial charge >= 0.3 is 5.97 Å². The zero-order chi connectivity index (χ0) is 14.8. The Hall–Kier alpha value is -0.840. The van der Waals surface area contributed by atoms with Crippen molar-refractivity contribution < 1.29 is 31.1 Å². The number of methoxy groups -OCH3 is 1. The highest BCUT2D eigenvalue weighted by molar-refractivity contribution is 5.69. The van der Waals surface area contributed by atoms with Crippen molar-refractivity contribution in [1.29, 1.82) is 0 Å². The number of aromatic nitrogens is 2. The topological polar surface area (TPSA) is 35.1 Å². The molecule has 122 valence electrons. The van der Waals surface area contributed by atoms with E-state index in [1.165, 1.54) is 44.9 Å². The van der Waals surface area contributed by atoms with Gasteiger partial charge < -0.3 is 21.7 Å². The Balaban J connectivity index is 0.00000400. The van der Waals surface area contributed by atoms with E-state index in [1.54, 1.807) is 0 Å². The quantitative estimate of drug-likeness (QED) is 0.331. The lowest BCUT2D eigenvalue weighted by atomic mass is 10.2. The highest BCUT2D eigenvalue weighted by Crippen LogP contribution is 2.06. The number of hydrogen-bond acceptors (Lipinski definition) is 2. The Morgan fingerprint density at radius 3 is 2.57 bits per heavy atom. The van der Waals surface area contributed by atoms with Gasteiger partial charge in [0.25, 0.3) is 0 Å². The first kappa shape index (κ1) is 20.2. The van der Waals surface area contributed by atoms with Crippen molar-refractivity contribution in [3.63, 3.8) is 0 Å². The molecule has 5 heteroatoms. The zero-order valence-electron chi connectivity index (χ0n) is 13.6. The van der Waals surface area contributed by atoms with Crippen molar-refractivity contribution in [1.82, 2.24) is 4.57 Å². The van der Waals surface area contributed by atoms with Gasteiger partial charge in [0, 0.05) is 6.42 Å². The monoisotopic (exact) mass is 360 g/mol. The largest absolute Gasteiger partial charge is 1.00 e. The Kier molecular flexibility index (Phi) is 11.3. The predicted molar refractivity (Wildman–Crippen MR) is 79.4 cm³/mol. The van der Waals surface area contributed by atoms with Crippen LogP contribution in [0.2, 0.25) is 0 Å². The first-order valence-corrected chi connectivity index (χ1v) is 7.86. The van der Waals surface area contributed by atoms with Crippen LogP contribution >= 0.6 is 0 Å². The Labute approximate surface area is 139 Å². The summed E-state index contributed by atoms with van der Waals surface area (Å²) in [6.45, 7) is 6.53. The number of ether oxygens (including phenoxy) is 1. The molecule has 0 fully saturated rings. The molecule has 0 aliphatic rings. The molecule has 0 N–H and O–H groups in total. The summed E-state index contributed by atoms with van der Waals surface area (Å²) >= 11 is 0. The third-order valence-electron chi connectivity index (χ3n) is 3.56. The summed E-state index contributed by atoms with van der Waals surface area (Å²) in [6.07, 6.45) is 11.7. The molecule has 0 aromatic carbocycles. The van der Waals surface area contributed by atoms with Gasteiger partial charge in [-0.3, -0.25) is 4.79 Å². The van der Waals surface area contributed by atoms with Gasteiger partial charge in [-0.05, 0) is 19.3 Å². The second kappa shape index (κ2) is 11.8. The smallest absolute Gasteiger partial charge is 0.305 e. The fourth-order valence-electron chi connectivity index (χ4n) is 2.29. The van der Waals surface area contributed by atoms with E-state index >= 15 is 0 Å². The number of unbranched alkanes of at least 4 members (excludes halogenated alkanes) is 3. The second-order valence-electron chi connectivity index (χ2n) is 5.30. The van der Waals surface area contributed by atoms with E-state index in [4.69, 9.17) is 4.74 Å². The Morgan fingerprint density at radius 2 is 1.95 bits per heavy atom. The Bertz CT molecular complexity index is 405. The summed E-state index contributed by atoms with van der Waals surface area (Å²) in [7, 11) is 1.45. The molecular formula is C16H29BrN2O2. The number of rotatable bonds is 10. The van der Waals surface area contributed by atoms with Gasteiger partial charge in [0.1, 0.15) is 11.9 Å². The van der Waals surface area contributed by atoms with Crippen LogP contribution in [0.3, 0.4) is 0 Å². The van der Waals surface area contributed by atoms with Crippen molar-refractivity contribution >= 4 is 5.97 Å². The number of nitrogens with zero attached hydrogens (tertiary/aromatic N) is 2. The van der Waals surface area contributed by atoms with Gasteiger partial charge in [-0.15, -0.1) is 0 Å². The SMILES string of the molecule is CCCCC[n+]1cc(CCC(=O)OC)n(CCCC)c1.[Br-]. The van der Waals surface area contributed by atoms with E-state index in [-0.39, 0.29) is 23.0 Å². The average molecular weight is 361 g/mol. The average Bonchev–Trinajstić information content (AvgIpc) is 2.85. The van der Waals surface area contributed by atoms with Crippen molar-refractivity contribution in [3.05, 3.63) is 18.2 Å². The van der Waals surface area contributed by atoms with Crippen LogP contribution in [-0.2, 0) is 29.0 Å². The van der Waals surface area contributed by atoms with Crippen LogP contribution in [0.1, 0.15) is 58.1 Å². The van der Waals surface area contributed by atoms with Crippen LogP contribution in [-0.4, -0.2) is 17.6 Å². The first-order chi connectivity index (χ1) is 9.71. The number of imidazole rings is 1. The van der Waals surface area contributed by atoms with Crippen molar-refractivity contribution in [2.75, 3.05) is 7.11 Å². The number of carbonyl (C=O) groups excluding carboxylic acids is 1. The molecule has 0 atom stereocenters. The summed E-state index contributed by atoms with van der Waals surface area (Å²) in [6, 6.07) is 0. The second-order valence-corrected chi connectivity index (χ2v) is 5.30. The number of halogens is 1. The summed E-state index contributed by atoms with van der Waals surface area (Å²) in [4.78, 5) is 11.3. The summed E-state index contributed by atoms with van der Waals surface area (Å²) in [5.74, 6) is -0.134. The van der Waals surface area contributed by atoms with E-state index in [2.05, 4.69) is 35.5 Å². The fraction of sp³-hybridized carbons (Fsp3) is 0.750. The van der Waals surface area contributed by atoms with Crippen LogP contribution in [0.5, 0.6) is 0 Å². The number of hydrogen-bond donors (Lipinski definition) is 0. The summed E-state index contributed by atoms with van der Waals surface area (Å²) in [5, 5.41) is 0. The lowest BCUT2D eigenvalue weighted by molar-refractivity contribution is -0.697. The molecule has 0 saturated carbocycles. The molecule has 0 unspecified atom stereocenters. The van der Waals surface area contributed by atoms with Crippen LogP contribution < -0.4 is 21.5 Å². The van der Waals surface area contributed by atoms with Gasteiger partial charge in [-0.25, -0.2) is 9.13 Å². The molecular weight excluding hydrogens is 332 g/mol. The predicted octanol–water partition coefficient (Wildman–Crippen LogP) is -0.124. The van der Waals surface area contributed by atoms with Gasteiger partial charge in [0.05, 0.1) is 26.6 Å². The molecule has 0 aliphatic heterocycles. The minimum Gasteiger partial charge on any atom is -1.00 e. The fourth-order valence-corrected chi connectivity index (χ4v) is 2.29. The normalized spacial score (nSPS) is 10.2. The number of esters is 1. The van der Waals surface area contributed by atoms with Crippen molar-refractivity contribution in [2.24, 2.45) is 0 Å². The highest BCUT2D eigenvalue weighted by Gasteiger charge is 2.14. The molecule has 0 amide bonds. The van der Waals surface area contributed by atoms with Crippen molar-refractivity contribution in [3.8, 4) is 0 Å². The number of carbonyl (C=O) groups is 1. The molecule has 0 bridgehead atoms. The summed E-state index contributed by atoms with van der Waals surface area (Å²) in [5.41, 5.74) is 1.24. The number of aryl methyl sites for hydroxylation is 3. The minimum atomic E-state index is -0.134. The molecule has 0 spiro atoms. The van der Waals surface area contributed by atoms with E-state index in [9.17, 15) is 4.79 Å². The van der Waals surface area contributed by atoms with Crippen LogP contribution in [0.15, 0.2) is 12.5 Å².